The molecule has 0 aliphatic rings. The van der Waals surface area contributed by atoms with Gasteiger partial charge in [0.15, 0.2) is 5.58 Å². The highest BCUT2D eigenvalue weighted by atomic mass is 16.5. The predicted molar refractivity (Wildman–Crippen MR) is 85.9 cm³/mol. The summed E-state index contributed by atoms with van der Waals surface area (Å²) in [6, 6.07) is 12.4. The molecule has 3 aromatic rings. The first-order chi connectivity index (χ1) is 11.2. The molecule has 3 rings (SSSR count). The van der Waals surface area contributed by atoms with Gasteiger partial charge in [-0.25, -0.2) is 4.79 Å². The van der Waals surface area contributed by atoms with Gasteiger partial charge >= 0.3 is 5.76 Å². The SMILES string of the molecule is COc1ccc(C(=O)NCCc2ccc3[nH]c(=O)oc3c2)cc1. The highest BCUT2D eigenvalue weighted by Crippen LogP contribution is 2.13. The van der Waals surface area contributed by atoms with Crippen molar-refractivity contribution in [3.63, 3.8) is 0 Å². The molecule has 1 heterocycles. The van der Waals surface area contributed by atoms with E-state index in [0.29, 0.717) is 35.4 Å². The van der Waals surface area contributed by atoms with E-state index >= 15 is 0 Å². The number of carbonyl (C=O) groups is 1. The highest BCUT2D eigenvalue weighted by molar-refractivity contribution is 5.94. The molecule has 1 amide bonds. The fraction of sp³-hybridized carbons (Fsp3) is 0.176. The summed E-state index contributed by atoms with van der Waals surface area (Å²) in [5, 5.41) is 2.86. The van der Waals surface area contributed by atoms with Crippen molar-refractivity contribution in [2.24, 2.45) is 0 Å². The average molecular weight is 312 g/mol. The molecular formula is C17H16N2O4. The van der Waals surface area contributed by atoms with Crippen LogP contribution in [-0.2, 0) is 6.42 Å². The second-order valence-corrected chi connectivity index (χ2v) is 5.08. The van der Waals surface area contributed by atoms with Crippen LogP contribution in [0, 0.1) is 0 Å². The quantitative estimate of drug-likeness (QED) is 0.755. The third kappa shape index (κ3) is 3.42. The number of nitrogens with one attached hydrogen (secondary N) is 2. The molecule has 2 N–H and O–H groups in total. The van der Waals surface area contributed by atoms with Gasteiger partial charge in [-0.2, -0.15) is 0 Å². The van der Waals surface area contributed by atoms with Crippen LogP contribution >= 0.6 is 0 Å². The highest BCUT2D eigenvalue weighted by Gasteiger charge is 2.06. The molecule has 0 atom stereocenters. The Hall–Kier alpha value is -3.02. The summed E-state index contributed by atoms with van der Waals surface area (Å²) in [7, 11) is 1.58. The summed E-state index contributed by atoms with van der Waals surface area (Å²) in [6.07, 6.45) is 0.646. The minimum absolute atomic E-state index is 0.137. The number of H-pyrrole nitrogens is 1. The van der Waals surface area contributed by atoms with Gasteiger partial charge in [-0.15, -0.1) is 0 Å². The van der Waals surface area contributed by atoms with Crippen LogP contribution in [0.15, 0.2) is 51.7 Å². The Morgan fingerprint density at radius 1 is 1.22 bits per heavy atom. The Morgan fingerprint density at radius 3 is 2.74 bits per heavy atom. The van der Waals surface area contributed by atoms with Crippen LogP contribution in [-0.4, -0.2) is 24.5 Å². The second kappa shape index (κ2) is 6.39. The normalized spacial score (nSPS) is 10.7. The van der Waals surface area contributed by atoms with Gasteiger partial charge in [-0.3, -0.25) is 9.78 Å². The van der Waals surface area contributed by atoms with E-state index in [1.807, 2.05) is 6.07 Å². The molecule has 23 heavy (non-hydrogen) atoms. The number of rotatable bonds is 5. The number of hydrogen-bond acceptors (Lipinski definition) is 4. The summed E-state index contributed by atoms with van der Waals surface area (Å²) in [4.78, 5) is 25.7. The van der Waals surface area contributed by atoms with Crippen molar-refractivity contribution in [3.8, 4) is 5.75 Å². The molecule has 118 valence electrons. The lowest BCUT2D eigenvalue weighted by atomic mass is 10.1. The molecule has 6 heteroatoms. The molecule has 0 saturated carbocycles. The zero-order chi connectivity index (χ0) is 16.2. The molecular weight excluding hydrogens is 296 g/mol. The molecule has 6 nitrogen and oxygen atoms in total. The molecule has 0 fully saturated rings. The Bertz CT molecular complexity index is 877. The Balaban J connectivity index is 1.58. The molecule has 0 bridgehead atoms. The van der Waals surface area contributed by atoms with Crippen molar-refractivity contribution in [1.29, 1.82) is 0 Å². The number of carbonyl (C=O) groups excluding carboxylic acids is 1. The van der Waals surface area contributed by atoms with Crippen molar-refractivity contribution < 1.29 is 13.9 Å². The lowest BCUT2D eigenvalue weighted by Crippen LogP contribution is -2.25. The fourth-order valence-electron chi connectivity index (χ4n) is 2.31. The standard InChI is InChI=1S/C17H16N2O4/c1-22-13-5-3-12(4-6-13)16(20)18-9-8-11-2-7-14-15(10-11)23-17(21)19-14/h2-7,10H,8-9H2,1H3,(H,18,20)(H,19,21). The van der Waals surface area contributed by atoms with Gasteiger partial charge < -0.3 is 14.5 Å². The van der Waals surface area contributed by atoms with Gasteiger partial charge in [0.1, 0.15) is 5.75 Å². The maximum absolute atomic E-state index is 12.0. The summed E-state index contributed by atoms with van der Waals surface area (Å²) in [5.74, 6) is 0.106. The van der Waals surface area contributed by atoms with Crippen LogP contribution < -0.4 is 15.8 Å². The largest absolute Gasteiger partial charge is 0.497 e. The maximum Gasteiger partial charge on any atom is 0.417 e. The van der Waals surface area contributed by atoms with E-state index in [1.165, 1.54) is 0 Å². The Labute approximate surface area is 132 Å². The number of methoxy groups -OCH3 is 1. The first kappa shape index (κ1) is 14.9. The third-order valence-electron chi connectivity index (χ3n) is 3.54. The lowest BCUT2D eigenvalue weighted by Gasteiger charge is -2.06. The summed E-state index contributed by atoms with van der Waals surface area (Å²) >= 11 is 0. The lowest BCUT2D eigenvalue weighted by molar-refractivity contribution is 0.0954. The monoisotopic (exact) mass is 312 g/mol. The number of fused-ring (bicyclic) bond motifs is 1. The van der Waals surface area contributed by atoms with Gasteiger partial charge in [0, 0.05) is 12.1 Å². The zero-order valence-electron chi connectivity index (χ0n) is 12.6. The summed E-state index contributed by atoms with van der Waals surface area (Å²) in [6.45, 7) is 0.491. The first-order valence-corrected chi connectivity index (χ1v) is 7.20. The number of ether oxygens (including phenoxy) is 1. The van der Waals surface area contributed by atoms with Gasteiger partial charge in [0.25, 0.3) is 5.91 Å². The molecule has 0 unspecified atom stereocenters. The Morgan fingerprint density at radius 2 is 2.00 bits per heavy atom. The summed E-state index contributed by atoms with van der Waals surface area (Å²) < 4.78 is 10.1. The average Bonchev–Trinajstić information content (AvgIpc) is 2.94. The predicted octanol–water partition coefficient (Wildman–Crippen LogP) is 2.10. The minimum atomic E-state index is -0.468. The van der Waals surface area contributed by atoms with E-state index in [2.05, 4.69) is 10.3 Å². The topological polar surface area (TPSA) is 84.3 Å². The molecule has 2 aromatic carbocycles. The summed E-state index contributed by atoms with van der Waals surface area (Å²) in [5.41, 5.74) is 2.75. The third-order valence-corrected chi connectivity index (χ3v) is 3.54. The molecule has 0 saturated heterocycles. The van der Waals surface area contributed by atoms with Crippen LogP contribution in [0.2, 0.25) is 0 Å². The van der Waals surface area contributed by atoms with E-state index < -0.39 is 5.76 Å². The molecule has 1 aromatic heterocycles. The van der Waals surface area contributed by atoms with Gasteiger partial charge in [0.05, 0.1) is 12.6 Å². The fourth-order valence-corrected chi connectivity index (χ4v) is 2.31. The number of benzene rings is 2. The van der Waals surface area contributed by atoms with E-state index in [-0.39, 0.29) is 5.91 Å². The van der Waals surface area contributed by atoms with Crippen LogP contribution in [0.4, 0.5) is 0 Å². The van der Waals surface area contributed by atoms with Gasteiger partial charge in [-0.1, -0.05) is 6.07 Å². The molecule has 0 aliphatic carbocycles. The van der Waals surface area contributed by atoms with Crippen LogP contribution in [0.25, 0.3) is 11.1 Å². The number of hydrogen-bond donors (Lipinski definition) is 2. The van der Waals surface area contributed by atoms with Crippen LogP contribution in [0.5, 0.6) is 5.75 Å². The van der Waals surface area contributed by atoms with E-state index in [1.54, 1.807) is 43.5 Å². The molecule has 0 aliphatic heterocycles. The van der Waals surface area contributed by atoms with E-state index in [4.69, 9.17) is 9.15 Å². The van der Waals surface area contributed by atoms with Crippen molar-refractivity contribution in [3.05, 3.63) is 64.1 Å². The minimum Gasteiger partial charge on any atom is -0.497 e. The number of aromatic amines is 1. The molecule has 0 spiro atoms. The zero-order valence-corrected chi connectivity index (χ0v) is 12.6. The maximum atomic E-state index is 12.0. The number of aromatic nitrogens is 1. The van der Waals surface area contributed by atoms with Crippen LogP contribution in [0.3, 0.4) is 0 Å². The first-order valence-electron chi connectivity index (χ1n) is 7.20. The second-order valence-electron chi connectivity index (χ2n) is 5.08. The van der Waals surface area contributed by atoms with E-state index in [9.17, 15) is 9.59 Å². The van der Waals surface area contributed by atoms with Gasteiger partial charge in [-0.05, 0) is 48.4 Å². The molecule has 0 radical (unpaired) electrons. The smallest absolute Gasteiger partial charge is 0.417 e. The van der Waals surface area contributed by atoms with Crippen molar-refractivity contribution in [1.82, 2.24) is 10.3 Å². The van der Waals surface area contributed by atoms with Crippen molar-refractivity contribution in [2.45, 2.75) is 6.42 Å². The Kier molecular flexibility index (Phi) is 4.14. The van der Waals surface area contributed by atoms with Crippen molar-refractivity contribution >= 4 is 17.0 Å². The van der Waals surface area contributed by atoms with E-state index in [0.717, 1.165) is 5.56 Å². The van der Waals surface area contributed by atoms with Crippen molar-refractivity contribution in [2.75, 3.05) is 13.7 Å². The number of oxazole rings is 1. The van der Waals surface area contributed by atoms with Crippen LogP contribution in [0.1, 0.15) is 15.9 Å². The number of amides is 1. The van der Waals surface area contributed by atoms with Gasteiger partial charge in [0.2, 0.25) is 0 Å².